The van der Waals surface area contributed by atoms with Crippen molar-refractivity contribution >= 4 is 22.9 Å². The number of aryl methyl sites for hydroxylation is 2. The number of nitrogens with zero attached hydrogens (tertiary/aromatic N) is 8. The lowest BCUT2D eigenvalue weighted by Crippen LogP contribution is -2.39. The third-order valence-electron chi connectivity index (χ3n) is 10.4. The molecule has 50 heavy (non-hydrogen) atoms. The van der Waals surface area contributed by atoms with E-state index in [0.29, 0.717) is 35.9 Å². The number of fused-ring (bicyclic) bond motifs is 1. The van der Waals surface area contributed by atoms with E-state index in [1.165, 1.54) is 5.56 Å². The first-order valence-electron chi connectivity index (χ1n) is 17.4. The third-order valence-corrected chi connectivity index (χ3v) is 10.4. The standard InChI is InChI=1S/C38H46N8O4/c1-48-33-26-29(27-34(49-2)35(33)50-3)36(47)44-20-15-38(28-44,30-10-5-4-6-11-30)14-19-42-17-9-18-43(23-22-42)37-40-31-12-7-8-13-32(31)46(37)25-24-45-21-16-39-41-45/h4-8,10-13,16,21,26-27H,9,14-15,17-20,22-25,28H2,1-3H3. The molecule has 2 aromatic heterocycles. The molecule has 2 saturated heterocycles. The summed E-state index contributed by atoms with van der Waals surface area (Å²) in [6.45, 7) is 7.61. The fraction of sp³-hybridized carbons (Fsp3) is 0.421. The number of para-hydroxylation sites is 2. The number of hydrogen-bond acceptors (Lipinski definition) is 9. The van der Waals surface area contributed by atoms with E-state index in [4.69, 9.17) is 19.2 Å². The molecule has 0 spiro atoms. The van der Waals surface area contributed by atoms with Crippen LogP contribution < -0.4 is 19.1 Å². The van der Waals surface area contributed by atoms with Crippen molar-refractivity contribution in [2.24, 2.45) is 0 Å². The van der Waals surface area contributed by atoms with Gasteiger partial charge >= 0.3 is 0 Å². The number of aromatic nitrogens is 5. The number of amides is 1. The molecule has 1 amide bonds. The van der Waals surface area contributed by atoms with Crippen molar-refractivity contribution in [2.45, 2.75) is 37.8 Å². The maximum absolute atomic E-state index is 14.0. The lowest BCUT2D eigenvalue weighted by Gasteiger charge is -2.33. The second-order valence-electron chi connectivity index (χ2n) is 13.2. The Kier molecular flexibility index (Phi) is 9.88. The highest BCUT2D eigenvalue weighted by Gasteiger charge is 2.42. The molecule has 5 aromatic rings. The van der Waals surface area contributed by atoms with E-state index in [1.54, 1.807) is 39.7 Å². The van der Waals surface area contributed by atoms with Crippen LogP contribution in [0.2, 0.25) is 0 Å². The van der Waals surface area contributed by atoms with Gasteiger partial charge in [0.2, 0.25) is 11.7 Å². The van der Waals surface area contributed by atoms with Crippen LogP contribution in [0.15, 0.2) is 79.1 Å². The van der Waals surface area contributed by atoms with E-state index in [1.807, 2.05) is 15.8 Å². The summed E-state index contributed by atoms with van der Waals surface area (Å²) in [5.74, 6) is 2.42. The molecule has 4 heterocycles. The highest BCUT2D eigenvalue weighted by Crippen LogP contribution is 2.41. The predicted octanol–water partition coefficient (Wildman–Crippen LogP) is 4.74. The Morgan fingerprint density at radius 2 is 1.62 bits per heavy atom. The number of likely N-dealkylation sites (tertiary alicyclic amines) is 1. The second kappa shape index (κ2) is 14.8. The normalized spacial score (nSPS) is 18.4. The molecule has 0 N–H and O–H groups in total. The van der Waals surface area contributed by atoms with Crippen LogP contribution in [0.3, 0.4) is 0 Å². The molecule has 3 aromatic carbocycles. The van der Waals surface area contributed by atoms with E-state index in [2.05, 4.69) is 79.3 Å². The predicted molar refractivity (Wildman–Crippen MR) is 192 cm³/mol. The third kappa shape index (κ3) is 6.72. The molecule has 1 unspecified atom stereocenters. The van der Waals surface area contributed by atoms with Crippen molar-refractivity contribution in [3.8, 4) is 17.2 Å². The van der Waals surface area contributed by atoms with E-state index in [9.17, 15) is 4.79 Å². The Bertz CT molecular complexity index is 1870. The minimum atomic E-state index is -0.140. The zero-order valence-electron chi connectivity index (χ0n) is 29.2. The number of methoxy groups -OCH3 is 3. The first kappa shape index (κ1) is 33.4. The summed E-state index contributed by atoms with van der Waals surface area (Å²) >= 11 is 0. The van der Waals surface area contributed by atoms with Gasteiger partial charge in [0.05, 0.1) is 45.1 Å². The number of carbonyl (C=O) groups is 1. The molecule has 262 valence electrons. The number of hydrogen-bond donors (Lipinski definition) is 0. The van der Waals surface area contributed by atoms with Gasteiger partial charge in [-0.15, -0.1) is 5.10 Å². The summed E-state index contributed by atoms with van der Waals surface area (Å²) in [6.07, 6.45) is 6.54. The molecule has 2 fully saturated rings. The van der Waals surface area contributed by atoms with E-state index < -0.39 is 0 Å². The van der Waals surface area contributed by atoms with Crippen LogP contribution in [0.1, 0.15) is 35.2 Å². The minimum absolute atomic E-state index is 0.0285. The van der Waals surface area contributed by atoms with Crippen LogP contribution in [-0.2, 0) is 18.5 Å². The molecule has 1 atom stereocenters. The smallest absolute Gasteiger partial charge is 0.254 e. The fourth-order valence-electron chi connectivity index (χ4n) is 7.65. The maximum atomic E-state index is 14.0. The molecule has 12 heteroatoms. The van der Waals surface area contributed by atoms with Crippen LogP contribution in [-0.4, -0.2) is 107 Å². The summed E-state index contributed by atoms with van der Waals surface area (Å²) in [4.78, 5) is 26.1. The molecular formula is C38H46N8O4. The Labute approximate surface area is 293 Å². The number of benzene rings is 3. The Morgan fingerprint density at radius 3 is 2.36 bits per heavy atom. The number of anilines is 1. The van der Waals surface area contributed by atoms with Crippen molar-refractivity contribution < 1.29 is 19.0 Å². The van der Waals surface area contributed by atoms with E-state index in [0.717, 1.165) is 82.1 Å². The molecule has 0 bridgehead atoms. The molecule has 0 radical (unpaired) electrons. The largest absolute Gasteiger partial charge is 0.493 e. The minimum Gasteiger partial charge on any atom is -0.493 e. The van der Waals surface area contributed by atoms with Gasteiger partial charge in [-0.3, -0.25) is 9.48 Å². The zero-order chi connectivity index (χ0) is 34.5. The van der Waals surface area contributed by atoms with Gasteiger partial charge in [-0.05, 0) is 62.2 Å². The summed E-state index contributed by atoms with van der Waals surface area (Å²) in [6, 6.07) is 22.6. The number of imidazole rings is 1. The van der Waals surface area contributed by atoms with Crippen molar-refractivity contribution in [1.82, 2.24) is 34.3 Å². The van der Waals surface area contributed by atoms with Crippen LogP contribution >= 0.6 is 0 Å². The Balaban J connectivity index is 1.06. The second-order valence-corrected chi connectivity index (χ2v) is 13.2. The average molecular weight is 679 g/mol. The Morgan fingerprint density at radius 1 is 0.840 bits per heavy atom. The van der Waals surface area contributed by atoms with Crippen molar-refractivity contribution in [3.05, 3.63) is 90.3 Å². The molecule has 0 aliphatic carbocycles. The quantitative estimate of drug-likeness (QED) is 0.185. The van der Waals surface area contributed by atoms with Gasteiger partial charge in [-0.2, -0.15) is 0 Å². The summed E-state index contributed by atoms with van der Waals surface area (Å²) in [5, 5.41) is 8.14. The summed E-state index contributed by atoms with van der Waals surface area (Å²) < 4.78 is 20.8. The molecular weight excluding hydrogens is 632 g/mol. The molecule has 7 rings (SSSR count). The van der Waals surface area contributed by atoms with Gasteiger partial charge in [0.1, 0.15) is 0 Å². The maximum Gasteiger partial charge on any atom is 0.254 e. The SMILES string of the molecule is COc1cc(C(=O)N2CCC(CCN3CCCN(c4nc5ccccc5n4CCn4ccnn4)CC3)(c3ccccc3)C2)cc(OC)c1OC. The fourth-order valence-corrected chi connectivity index (χ4v) is 7.65. The van der Waals surface area contributed by atoms with Crippen LogP contribution in [0.4, 0.5) is 5.95 Å². The molecule has 2 aliphatic rings. The number of rotatable bonds is 12. The van der Waals surface area contributed by atoms with Crippen LogP contribution in [0, 0.1) is 0 Å². The number of ether oxygens (including phenoxy) is 3. The average Bonchev–Trinajstić information content (AvgIpc) is 3.89. The zero-order valence-corrected chi connectivity index (χ0v) is 29.2. The van der Waals surface area contributed by atoms with Gasteiger partial charge in [-0.25, -0.2) is 4.98 Å². The van der Waals surface area contributed by atoms with E-state index >= 15 is 0 Å². The van der Waals surface area contributed by atoms with Crippen LogP contribution in [0.5, 0.6) is 17.2 Å². The lowest BCUT2D eigenvalue weighted by molar-refractivity contribution is 0.0780. The summed E-state index contributed by atoms with van der Waals surface area (Å²) in [5.41, 5.74) is 3.83. The molecule has 0 saturated carbocycles. The highest BCUT2D eigenvalue weighted by atomic mass is 16.5. The molecule has 12 nitrogen and oxygen atoms in total. The van der Waals surface area contributed by atoms with Crippen LogP contribution in [0.25, 0.3) is 11.0 Å². The van der Waals surface area contributed by atoms with Gasteiger partial charge in [0.15, 0.2) is 11.5 Å². The highest BCUT2D eigenvalue weighted by molar-refractivity contribution is 5.96. The summed E-state index contributed by atoms with van der Waals surface area (Å²) in [7, 11) is 4.71. The topological polar surface area (TPSA) is 103 Å². The molecule has 2 aliphatic heterocycles. The lowest BCUT2D eigenvalue weighted by atomic mass is 9.76. The monoisotopic (exact) mass is 678 g/mol. The number of carbonyl (C=O) groups excluding carboxylic acids is 1. The van der Waals surface area contributed by atoms with Gasteiger partial charge in [0, 0.05) is 56.4 Å². The van der Waals surface area contributed by atoms with Gasteiger partial charge < -0.3 is 33.5 Å². The first-order chi connectivity index (χ1) is 24.5. The van der Waals surface area contributed by atoms with Gasteiger partial charge in [-0.1, -0.05) is 47.7 Å². The Hall–Kier alpha value is -5.10. The van der Waals surface area contributed by atoms with Crippen molar-refractivity contribution in [3.63, 3.8) is 0 Å². The first-order valence-corrected chi connectivity index (χ1v) is 17.4. The van der Waals surface area contributed by atoms with Crippen molar-refractivity contribution in [2.75, 3.05) is 72.0 Å². The van der Waals surface area contributed by atoms with E-state index in [-0.39, 0.29) is 11.3 Å². The van der Waals surface area contributed by atoms with Gasteiger partial charge in [0.25, 0.3) is 5.91 Å². The van der Waals surface area contributed by atoms with Crippen molar-refractivity contribution in [1.29, 1.82) is 0 Å².